The SMILES string of the molecule is Nc1ccncc1C(=O)NCCCCn1ccnc1. The third-order valence-electron chi connectivity index (χ3n) is 2.79. The van der Waals surface area contributed by atoms with Gasteiger partial charge in [-0.15, -0.1) is 0 Å². The molecule has 0 bridgehead atoms. The molecule has 0 atom stereocenters. The number of carbonyl (C=O) groups is 1. The van der Waals surface area contributed by atoms with Crippen LogP contribution in [0.2, 0.25) is 0 Å². The molecule has 0 aliphatic rings. The van der Waals surface area contributed by atoms with Gasteiger partial charge in [-0.25, -0.2) is 4.98 Å². The predicted molar refractivity (Wildman–Crippen MR) is 72.4 cm³/mol. The topological polar surface area (TPSA) is 85.8 Å². The van der Waals surface area contributed by atoms with E-state index >= 15 is 0 Å². The van der Waals surface area contributed by atoms with Gasteiger partial charge in [0.15, 0.2) is 0 Å². The van der Waals surface area contributed by atoms with Crippen LogP contribution < -0.4 is 11.1 Å². The first-order valence-corrected chi connectivity index (χ1v) is 6.21. The van der Waals surface area contributed by atoms with Crippen molar-refractivity contribution in [2.75, 3.05) is 12.3 Å². The maximum absolute atomic E-state index is 11.8. The minimum absolute atomic E-state index is 0.173. The second-order valence-corrected chi connectivity index (χ2v) is 4.23. The Morgan fingerprint density at radius 3 is 2.95 bits per heavy atom. The molecule has 2 rings (SSSR count). The molecule has 2 aromatic heterocycles. The molecule has 0 fully saturated rings. The standard InChI is InChI=1S/C13H17N5O/c14-12-3-5-15-9-11(12)13(19)17-4-1-2-7-18-8-6-16-10-18/h3,5-6,8-10H,1-2,4,7H2,(H2,14,15)(H,17,19). The van der Waals surface area contributed by atoms with Crippen LogP contribution in [0.5, 0.6) is 0 Å². The normalized spacial score (nSPS) is 10.3. The van der Waals surface area contributed by atoms with Crippen LogP contribution in [0.15, 0.2) is 37.2 Å². The Kier molecular flexibility index (Phi) is 4.49. The lowest BCUT2D eigenvalue weighted by Gasteiger charge is -2.07. The summed E-state index contributed by atoms with van der Waals surface area (Å²) in [6.45, 7) is 1.53. The first kappa shape index (κ1) is 13.1. The summed E-state index contributed by atoms with van der Waals surface area (Å²) < 4.78 is 2.01. The summed E-state index contributed by atoms with van der Waals surface area (Å²) >= 11 is 0. The average molecular weight is 259 g/mol. The number of unbranched alkanes of at least 4 members (excludes halogenated alkanes) is 1. The van der Waals surface area contributed by atoms with Crippen molar-refractivity contribution in [1.29, 1.82) is 0 Å². The molecule has 2 aromatic rings. The van der Waals surface area contributed by atoms with Crippen molar-refractivity contribution < 1.29 is 4.79 Å². The first-order chi connectivity index (χ1) is 9.27. The van der Waals surface area contributed by atoms with Gasteiger partial charge in [-0.05, 0) is 18.9 Å². The Bertz CT molecular complexity index is 524. The van der Waals surface area contributed by atoms with E-state index in [2.05, 4.69) is 15.3 Å². The fraction of sp³-hybridized carbons (Fsp3) is 0.308. The highest BCUT2D eigenvalue weighted by molar-refractivity contribution is 5.98. The second kappa shape index (κ2) is 6.53. The molecule has 19 heavy (non-hydrogen) atoms. The van der Waals surface area contributed by atoms with E-state index in [1.165, 1.54) is 6.20 Å². The molecule has 6 heteroatoms. The molecule has 2 heterocycles. The van der Waals surface area contributed by atoms with E-state index < -0.39 is 0 Å². The van der Waals surface area contributed by atoms with Crippen LogP contribution in [0.4, 0.5) is 5.69 Å². The predicted octanol–water partition coefficient (Wildman–Crippen LogP) is 1.07. The molecule has 0 aromatic carbocycles. The minimum Gasteiger partial charge on any atom is -0.398 e. The van der Waals surface area contributed by atoms with Crippen molar-refractivity contribution >= 4 is 11.6 Å². The number of nitrogens with one attached hydrogen (secondary N) is 1. The number of nitrogens with zero attached hydrogens (tertiary/aromatic N) is 3. The molecule has 100 valence electrons. The molecular weight excluding hydrogens is 242 g/mol. The number of aromatic nitrogens is 3. The number of carbonyl (C=O) groups excluding carboxylic acids is 1. The maximum atomic E-state index is 11.8. The van der Waals surface area contributed by atoms with Gasteiger partial charge in [0, 0.05) is 43.6 Å². The van der Waals surface area contributed by atoms with Gasteiger partial charge in [0.25, 0.3) is 5.91 Å². The molecule has 0 aliphatic carbocycles. The summed E-state index contributed by atoms with van der Waals surface area (Å²) in [5.74, 6) is -0.173. The quantitative estimate of drug-likeness (QED) is 0.760. The zero-order valence-electron chi connectivity index (χ0n) is 10.6. The van der Waals surface area contributed by atoms with Gasteiger partial charge >= 0.3 is 0 Å². The molecule has 0 unspecified atom stereocenters. The van der Waals surface area contributed by atoms with Gasteiger partial charge in [0.2, 0.25) is 0 Å². The zero-order chi connectivity index (χ0) is 13.5. The van der Waals surface area contributed by atoms with Crippen LogP contribution in [0.25, 0.3) is 0 Å². The summed E-state index contributed by atoms with van der Waals surface area (Å²) in [5, 5.41) is 2.84. The van der Waals surface area contributed by atoms with Gasteiger partial charge in [-0.2, -0.15) is 0 Å². The lowest BCUT2D eigenvalue weighted by atomic mass is 10.2. The molecule has 0 radical (unpaired) electrons. The van der Waals surface area contributed by atoms with Crippen LogP contribution in [0.1, 0.15) is 23.2 Å². The van der Waals surface area contributed by atoms with Crippen molar-refractivity contribution in [3.63, 3.8) is 0 Å². The highest BCUT2D eigenvalue weighted by Crippen LogP contribution is 2.07. The summed E-state index contributed by atoms with van der Waals surface area (Å²) in [6, 6.07) is 1.62. The zero-order valence-corrected chi connectivity index (χ0v) is 10.6. The number of pyridine rings is 1. The van der Waals surface area contributed by atoms with Crippen LogP contribution >= 0.6 is 0 Å². The van der Waals surface area contributed by atoms with Crippen LogP contribution in [0.3, 0.4) is 0 Å². The summed E-state index contributed by atoms with van der Waals surface area (Å²) in [7, 11) is 0. The molecule has 0 saturated heterocycles. The fourth-order valence-corrected chi connectivity index (χ4v) is 1.73. The number of nitrogen functional groups attached to an aromatic ring is 1. The number of aryl methyl sites for hydroxylation is 1. The Hall–Kier alpha value is -2.37. The lowest BCUT2D eigenvalue weighted by molar-refractivity contribution is 0.0953. The third kappa shape index (κ3) is 3.80. The van der Waals surface area contributed by atoms with Gasteiger partial charge < -0.3 is 15.6 Å². The smallest absolute Gasteiger partial charge is 0.254 e. The van der Waals surface area contributed by atoms with Crippen LogP contribution in [-0.4, -0.2) is 27.0 Å². The molecular formula is C13H17N5O. The number of hydrogen-bond acceptors (Lipinski definition) is 4. The monoisotopic (exact) mass is 259 g/mol. The maximum Gasteiger partial charge on any atom is 0.254 e. The van der Waals surface area contributed by atoms with Gasteiger partial charge in [-0.1, -0.05) is 0 Å². The molecule has 6 nitrogen and oxygen atoms in total. The molecule has 0 spiro atoms. The van der Waals surface area contributed by atoms with Crippen molar-refractivity contribution in [3.8, 4) is 0 Å². The van der Waals surface area contributed by atoms with Gasteiger partial charge in [0.1, 0.15) is 0 Å². The van der Waals surface area contributed by atoms with E-state index in [1.54, 1.807) is 24.8 Å². The summed E-state index contributed by atoms with van der Waals surface area (Å²) in [6.07, 6.45) is 10.4. The third-order valence-corrected chi connectivity index (χ3v) is 2.79. The van der Waals surface area contributed by atoms with Crippen molar-refractivity contribution in [1.82, 2.24) is 19.9 Å². The first-order valence-electron chi connectivity index (χ1n) is 6.21. The number of anilines is 1. The summed E-state index contributed by atoms with van der Waals surface area (Å²) in [5.41, 5.74) is 6.58. The highest BCUT2D eigenvalue weighted by atomic mass is 16.1. The molecule has 1 amide bonds. The van der Waals surface area contributed by atoms with E-state index in [4.69, 9.17) is 5.73 Å². The Morgan fingerprint density at radius 2 is 2.21 bits per heavy atom. The van der Waals surface area contributed by atoms with Crippen molar-refractivity contribution in [2.45, 2.75) is 19.4 Å². The molecule has 0 saturated carbocycles. The lowest BCUT2D eigenvalue weighted by Crippen LogP contribution is -2.25. The number of imidazole rings is 1. The van der Waals surface area contributed by atoms with Gasteiger partial charge in [0.05, 0.1) is 11.9 Å². The average Bonchev–Trinajstić information content (AvgIpc) is 2.92. The fourth-order valence-electron chi connectivity index (χ4n) is 1.73. The summed E-state index contributed by atoms with van der Waals surface area (Å²) in [4.78, 5) is 19.7. The van der Waals surface area contributed by atoms with E-state index in [0.29, 0.717) is 17.8 Å². The number of rotatable bonds is 6. The Labute approximate surface area is 111 Å². The van der Waals surface area contributed by atoms with E-state index in [0.717, 1.165) is 19.4 Å². The van der Waals surface area contributed by atoms with Crippen LogP contribution in [0, 0.1) is 0 Å². The minimum atomic E-state index is -0.173. The van der Waals surface area contributed by atoms with E-state index in [9.17, 15) is 4.79 Å². The highest BCUT2D eigenvalue weighted by Gasteiger charge is 2.08. The Morgan fingerprint density at radius 1 is 1.32 bits per heavy atom. The number of nitrogens with two attached hydrogens (primary N) is 1. The second-order valence-electron chi connectivity index (χ2n) is 4.23. The molecule has 0 aliphatic heterocycles. The molecule has 3 N–H and O–H groups in total. The van der Waals surface area contributed by atoms with Crippen molar-refractivity contribution in [3.05, 3.63) is 42.7 Å². The van der Waals surface area contributed by atoms with Gasteiger partial charge in [-0.3, -0.25) is 9.78 Å². The van der Waals surface area contributed by atoms with Crippen molar-refractivity contribution in [2.24, 2.45) is 0 Å². The van der Waals surface area contributed by atoms with E-state index in [1.807, 2.05) is 10.8 Å². The van der Waals surface area contributed by atoms with Crippen LogP contribution in [-0.2, 0) is 6.54 Å². The number of hydrogen-bond donors (Lipinski definition) is 2. The Balaban J connectivity index is 1.68. The number of amides is 1. The largest absolute Gasteiger partial charge is 0.398 e. The van der Waals surface area contributed by atoms with E-state index in [-0.39, 0.29) is 5.91 Å².